The number of carbonyl (C=O) groups excluding carboxylic acids is 1. The van der Waals surface area contributed by atoms with Crippen LogP contribution in [0.4, 0.5) is 0 Å². The average Bonchev–Trinajstić information content (AvgIpc) is 3.70. The SMILES string of the molecule is CC[C]12[CH]3[CH]4[C]5(P(c6ccccc6)c6ccccc6)[C]1(C=O)[Fe]34251678[CH]2[CH]1[CH]6[CH]7[CH]28. The molecular formula is C25H23FeOP. The molecule has 12 rings (SSSR count). The third-order valence-corrected chi connectivity index (χ3v) is 69.4. The van der Waals surface area contributed by atoms with Crippen molar-refractivity contribution in [3.05, 3.63) is 60.7 Å². The monoisotopic (exact) mass is 426 g/mol. The Bertz CT molecular complexity index is 1580. The molecule has 0 saturated carbocycles. The minimum atomic E-state index is -3.86. The minimum absolute atomic E-state index is 0.255. The molecular weight excluding hydrogens is 403 g/mol. The zero-order valence-corrected chi connectivity index (χ0v) is 17.8. The summed E-state index contributed by atoms with van der Waals surface area (Å²) in [4.78, 5) is 21.4. The van der Waals surface area contributed by atoms with Crippen molar-refractivity contribution in [2.45, 2.75) is 59.7 Å². The van der Waals surface area contributed by atoms with Gasteiger partial charge in [0.2, 0.25) is 0 Å². The quantitative estimate of drug-likeness (QED) is 0.337. The molecule has 5 unspecified atom stereocenters. The van der Waals surface area contributed by atoms with E-state index in [9.17, 15) is 4.79 Å². The van der Waals surface area contributed by atoms with Crippen molar-refractivity contribution in [1.29, 1.82) is 0 Å². The van der Waals surface area contributed by atoms with Crippen LogP contribution >= 0.6 is 7.92 Å². The zero-order chi connectivity index (χ0) is 18.1. The summed E-state index contributed by atoms with van der Waals surface area (Å²) < 4.78 is 1.41. The van der Waals surface area contributed by atoms with E-state index in [-0.39, 0.29) is 4.31 Å². The Morgan fingerprint density at radius 1 is 0.857 bits per heavy atom. The topological polar surface area (TPSA) is 17.1 Å². The van der Waals surface area contributed by atoms with E-state index in [0.29, 0.717) is 8.37 Å². The van der Waals surface area contributed by atoms with Gasteiger partial charge in [0.15, 0.2) is 0 Å². The van der Waals surface area contributed by atoms with E-state index in [1.165, 1.54) is 6.42 Å². The molecule has 2 aromatic rings. The van der Waals surface area contributed by atoms with Crippen molar-refractivity contribution in [3.63, 3.8) is 0 Å². The van der Waals surface area contributed by atoms with Gasteiger partial charge in [-0.05, 0) is 0 Å². The van der Waals surface area contributed by atoms with Crippen LogP contribution in [0.1, 0.15) is 13.3 Å². The van der Waals surface area contributed by atoms with Crippen molar-refractivity contribution in [2.24, 2.45) is 0 Å². The van der Waals surface area contributed by atoms with Crippen LogP contribution in [-0.4, -0.2) is 10.3 Å². The van der Waals surface area contributed by atoms with Gasteiger partial charge in [0, 0.05) is 0 Å². The molecule has 0 N–H and O–H groups in total. The van der Waals surface area contributed by atoms with Crippen LogP contribution in [-0.2, 0) is 11.3 Å². The molecule has 0 radical (unpaired) electrons. The van der Waals surface area contributed by atoms with E-state index < -0.39 is 14.4 Å². The number of rotatable bonds is 5. The predicted molar refractivity (Wildman–Crippen MR) is 110 cm³/mol. The van der Waals surface area contributed by atoms with Gasteiger partial charge in [-0.25, -0.2) is 0 Å². The number of aldehydes is 1. The second-order valence-corrected chi connectivity index (χ2v) is 39.3. The molecule has 10 aliphatic heterocycles. The second-order valence-electron chi connectivity index (χ2n) is 13.5. The second kappa shape index (κ2) is 1.51. The third kappa shape index (κ3) is 0.190. The molecule has 142 valence electrons. The van der Waals surface area contributed by atoms with Gasteiger partial charge in [-0.2, -0.15) is 0 Å². The van der Waals surface area contributed by atoms with Crippen LogP contribution in [0.15, 0.2) is 60.7 Å². The molecule has 1 nitrogen and oxygen atoms in total. The number of fused-ring (bicyclic) bond motifs is 10. The van der Waals surface area contributed by atoms with E-state index in [1.54, 1.807) is 16.9 Å². The Morgan fingerprint density at radius 2 is 1.36 bits per heavy atom. The van der Waals surface area contributed by atoms with Crippen LogP contribution < -0.4 is 10.6 Å². The van der Waals surface area contributed by atoms with E-state index in [1.807, 2.05) is 0 Å². The van der Waals surface area contributed by atoms with Crippen LogP contribution in [0.3, 0.4) is 0 Å². The predicted octanol–water partition coefficient (Wildman–Crippen LogP) is 5.77. The van der Waals surface area contributed by atoms with Gasteiger partial charge < -0.3 is 0 Å². The molecule has 0 aliphatic carbocycles. The molecule has 0 aromatic heterocycles. The average molecular weight is 426 g/mol. The molecule has 10 fully saturated rings. The van der Waals surface area contributed by atoms with Crippen LogP contribution in [0.5, 0.6) is 0 Å². The van der Waals surface area contributed by atoms with Crippen molar-refractivity contribution in [2.75, 3.05) is 0 Å². The first kappa shape index (κ1) is 12.7. The molecule has 5 atom stereocenters. The molecule has 10 heterocycles. The molecule has 2 aromatic carbocycles. The summed E-state index contributed by atoms with van der Waals surface area (Å²) in [6.45, 7) is -1.36. The first-order chi connectivity index (χ1) is 13.5. The number of hydrogen-bond acceptors (Lipinski definition) is 1. The van der Waals surface area contributed by atoms with Gasteiger partial charge in [0.1, 0.15) is 0 Å². The first-order valence-electron chi connectivity index (χ1n) is 11.1. The van der Waals surface area contributed by atoms with Crippen LogP contribution in [0.25, 0.3) is 0 Å². The number of benzene rings is 2. The van der Waals surface area contributed by atoms with E-state index in [0.717, 1.165) is 33.7 Å². The third-order valence-electron chi connectivity index (χ3n) is 18.4. The Kier molecular flexibility index (Phi) is 0.685. The summed E-state index contributed by atoms with van der Waals surface area (Å²) in [6.07, 6.45) is 3.07. The molecule has 10 saturated heterocycles. The molecule has 10 aliphatic rings. The van der Waals surface area contributed by atoms with Gasteiger partial charge in [-0.1, -0.05) is 0 Å². The van der Waals surface area contributed by atoms with Crippen LogP contribution in [0.2, 0.25) is 42.3 Å². The van der Waals surface area contributed by atoms with Crippen molar-refractivity contribution in [1.82, 2.24) is 0 Å². The van der Waals surface area contributed by atoms with Crippen molar-refractivity contribution < 1.29 is 11.3 Å². The fourth-order valence-electron chi connectivity index (χ4n) is 21.1. The summed E-state index contributed by atoms with van der Waals surface area (Å²) in [7, 11) is -0.392. The van der Waals surface area contributed by atoms with Gasteiger partial charge in [0.25, 0.3) is 0 Å². The Balaban J connectivity index is 1.33. The molecule has 1 spiro atoms. The first-order valence-corrected chi connectivity index (χ1v) is 18.6. The van der Waals surface area contributed by atoms with E-state index >= 15 is 0 Å². The Labute approximate surface area is 156 Å². The van der Waals surface area contributed by atoms with Gasteiger partial charge in [-0.3, -0.25) is 0 Å². The maximum atomic E-state index is 13.3. The van der Waals surface area contributed by atoms with Crippen molar-refractivity contribution >= 4 is 24.8 Å². The van der Waals surface area contributed by atoms with Gasteiger partial charge in [0.05, 0.1) is 0 Å². The Morgan fingerprint density at radius 3 is 1.71 bits per heavy atom. The standard InChI is InChI=1S/C20H18OP.C5H5.Fe/c1-2-16-13-14-20(19(16)15-21)22(17-9-5-3-6-10-17)18-11-7-4-8-12-18;1-2-4-5-3-1;/h3-15H,2H2,1H3;1-5H;. The van der Waals surface area contributed by atoms with Gasteiger partial charge in [-0.15, -0.1) is 0 Å². The molecule has 0 bridgehead atoms. The van der Waals surface area contributed by atoms with E-state index in [4.69, 9.17) is 0 Å². The van der Waals surface area contributed by atoms with Crippen molar-refractivity contribution in [3.8, 4) is 0 Å². The maximum absolute atomic E-state index is 13.3. The fourth-order valence-corrected chi connectivity index (χ4v) is 114. The van der Waals surface area contributed by atoms with Gasteiger partial charge >= 0.3 is 157 Å². The fraction of sp³-hybridized carbons (Fsp3) is 0.480. The molecule has 0 amide bonds. The van der Waals surface area contributed by atoms with E-state index in [2.05, 4.69) is 67.6 Å². The van der Waals surface area contributed by atoms with Crippen LogP contribution in [0, 0.1) is 0 Å². The Hall–Kier alpha value is -0.941. The summed E-state index contributed by atoms with van der Waals surface area (Å²) in [6, 6.07) is 23.0. The number of carbonyl (C=O) groups is 1. The zero-order valence-electron chi connectivity index (χ0n) is 15.8. The normalized spacial score (nSPS) is 82.1. The molecule has 28 heavy (non-hydrogen) atoms. The summed E-state index contributed by atoms with van der Waals surface area (Å²) >= 11 is 0. The summed E-state index contributed by atoms with van der Waals surface area (Å²) in [5.74, 6) is 0. The number of hydrogen-bond donors (Lipinski definition) is 0. The summed E-state index contributed by atoms with van der Waals surface area (Å²) in [5.41, 5.74) is 0. The molecule has 3 heteroatoms. The summed E-state index contributed by atoms with van der Waals surface area (Å²) in [5, 5.41) is 3.17.